The Morgan fingerprint density at radius 2 is 2.25 bits per heavy atom. The van der Waals surface area contributed by atoms with Crippen molar-refractivity contribution in [1.82, 2.24) is 5.32 Å². The minimum absolute atomic E-state index is 0.0964. The number of rotatable bonds is 5. The summed E-state index contributed by atoms with van der Waals surface area (Å²) in [4.78, 5) is 23.6. The van der Waals surface area contributed by atoms with Crippen LogP contribution in [-0.4, -0.2) is 31.3 Å². The molecule has 1 saturated heterocycles. The summed E-state index contributed by atoms with van der Waals surface area (Å²) in [7, 11) is 0. The molecule has 1 aliphatic rings. The highest BCUT2D eigenvalue weighted by molar-refractivity contribution is 5.82. The summed E-state index contributed by atoms with van der Waals surface area (Å²) in [6.07, 6.45) is 1.45. The van der Waals surface area contributed by atoms with Crippen molar-refractivity contribution >= 4 is 16.9 Å². The lowest BCUT2D eigenvalue weighted by atomic mass is 10.1. The van der Waals surface area contributed by atoms with E-state index in [9.17, 15) is 9.59 Å². The molecule has 3 rings (SSSR count). The van der Waals surface area contributed by atoms with Crippen LogP contribution in [0.15, 0.2) is 33.5 Å². The second-order valence-corrected chi connectivity index (χ2v) is 6.05. The fourth-order valence-corrected chi connectivity index (χ4v) is 2.80. The number of ether oxygens (including phenoxy) is 2. The van der Waals surface area contributed by atoms with Crippen LogP contribution in [0, 0.1) is 6.92 Å². The van der Waals surface area contributed by atoms with Gasteiger partial charge in [-0.05, 0) is 44.4 Å². The molecule has 1 aliphatic heterocycles. The average molecular weight is 331 g/mol. The molecule has 6 nitrogen and oxygen atoms in total. The molecule has 0 saturated carbocycles. The normalized spacial score (nSPS) is 18.5. The second-order valence-electron chi connectivity index (χ2n) is 6.05. The first kappa shape index (κ1) is 16.5. The summed E-state index contributed by atoms with van der Waals surface area (Å²) in [5.41, 5.74) is 0.888. The molecule has 0 bridgehead atoms. The van der Waals surface area contributed by atoms with E-state index in [1.54, 1.807) is 19.1 Å². The quantitative estimate of drug-likeness (QED) is 0.850. The molecule has 2 atom stereocenters. The fourth-order valence-electron chi connectivity index (χ4n) is 2.80. The topological polar surface area (TPSA) is 77.8 Å². The Hall–Kier alpha value is -2.34. The number of fused-ring (bicyclic) bond motifs is 1. The maximum atomic E-state index is 12.1. The van der Waals surface area contributed by atoms with Crippen LogP contribution in [0.1, 0.15) is 25.3 Å². The van der Waals surface area contributed by atoms with Crippen LogP contribution in [0.3, 0.4) is 0 Å². The number of hydrogen-bond donors (Lipinski definition) is 1. The van der Waals surface area contributed by atoms with Crippen LogP contribution >= 0.6 is 0 Å². The third-order valence-corrected chi connectivity index (χ3v) is 4.13. The highest BCUT2D eigenvalue weighted by Gasteiger charge is 2.19. The van der Waals surface area contributed by atoms with Crippen LogP contribution < -0.4 is 15.7 Å². The number of hydrogen-bond acceptors (Lipinski definition) is 5. The molecule has 24 heavy (non-hydrogen) atoms. The molecule has 2 aromatic rings. The van der Waals surface area contributed by atoms with Crippen LogP contribution in [0.4, 0.5) is 0 Å². The van der Waals surface area contributed by atoms with E-state index in [1.165, 1.54) is 6.07 Å². The summed E-state index contributed by atoms with van der Waals surface area (Å²) in [5.74, 6) is 0.285. The van der Waals surface area contributed by atoms with Gasteiger partial charge >= 0.3 is 5.63 Å². The molecular weight excluding hydrogens is 310 g/mol. The van der Waals surface area contributed by atoms with Crippen LogP contribution in [0.25, 0.3) is 11.0 Å². The molecule has 2 heterocycles. The summed E-state index contributed by atoms with van der Waals surface area (Å²) >= 11 is 0. The maximum Gasteiger partial charge on any atom is 0.336 e. The van der Waals surface area contributed by atoms with Crippen molar-refractivity contribution in [2.75, 3.05) is 13.2 Å². The highest BCUT2D eigenvalue weighted by atomic mass is 16.5. The van der Waals surface area contributed by atoms with Crippen LogP contribution in [-0.2, 0) is 9.53 Å². The van der Waals surface area contributed by atoms with Gasteiger partial charge in [-0.15, -0.1) is 0 Å². The lowest BCUT2D eigenvalue weighted by Crippen LogP contribution is -2.40. The third kappa shape index (κ3) is 3.76. The summed E-state index contributed by atoms with van der Waals surface area (Å²) in [6.45, 7) is 4.79. The maximum absolute atomic E-state index is 12.1. The first-order chi connectivity index (χ1) is 11.5. The predicted molar refractivity (Wildman–Crippen MR) is 89.3 cm³/mol. The largest absolute Gasteiger partial charge is 0.481 e. The van der Waals surface area contributed by atoms with Crippen molar-refractivity contribution in [1.29, 1.82) is 0 Å². The predicted octanol–water partition coefficient (Wildman–Crippen LogP) is 2.16. The number of benzene rings is 1. The number of carbonyl (C=O) groups excluding carboxylic acids is 1. The van der Waals surface area contributed by atoms with Crippen molar-refractivity contribution in [2.45, 2.75) is 38.9 Å². The SMILES string of the molecule is Cc1cc(=O)oc2cc(O[C@H](C)C(=O)NC[C@@H]3CCCO3)ccc12. The molecule has 6 heteroatoms. The van der Waals surface area contributed by atoms with E-state index in [4.69, 9.17) is 13.9 Å². The van der Waals surface area contributed by atoms with E-state index < -0.39 is 11.7 Å². The molecule has 1 N–H and O–H groups in total. The first-order valence-electron chi connectivity index (χ1n) is 8.13. The summed E-state index contributed by atoms with van der Waals surface area (Å²) in [5, 5.41) is 3.68. The minimum atomic E-state index is -0.652. The number of aryl methyl sites for hydroxylation is 1. The van der Waals surface area contributed by atoms with Gasteiger partial charge in [-0.3, -0.25) is 4.79 Å². The molecule has 1 aromatic carbocycles. The lowest BCUT2D eigenvalue weighted by molar-refractivity contribution is -0.127. The Morgan fingerprint density at radius 1 is 1.42 bits per heavy atom. The van der Waals surface area contributed by atoms with E-state index >= 15 is 0 Å². The van der Waals surface area contributed by atoms with Gasteiger partial charge in [0.25, 0.3) is 5.91 Å². The number of nitrogens with one attached hydrogen (secondary N) is 1. The van der Waals surface area contributed by atoms with Gasteiger partial charge in [0.1, 0.15) is 11.3 Å². The Kier molecular flexibility index (Phi) is 4.85. The van der Waals surface area contributed by atoms with Crippen molar-refractivity contribution in [3.63, 3.8) is 0 Å². The Bertz CT molecular complexity index is 792. The van der Waals surface area contributed by atoms with E-state index in [-0.39, 0.29) is 12.0 Å². The van der Waals surface area contributed by atoms with Gasteiger partial charge in [0.05, 0.1) is 6.10 Å². The molecule has 0 unspecified atom stereocenters. The lowest BCUT2D eigenvalue weighted by Gasteiger charge is -2.16. The van der Waals surface area contributed by atoms with Crippen LogP contribution in [0.2, 0.25) is 0 Å². The van der Waals surface area contributed by atoms with E-state index in [0.29, 0.717) is 17.9 Å². The third-order valence-electron chi connectivity index (χ3n) is 4.13. The van der Waals surface area contributed by atoms with Gasteiger partial charge in [0.2, 0.25) is 0 Å². The van der Waals surface area contributed by atoms with Gasteiger partial charge < -0.3 is 19.2 Å². The zero-order valence-electron chi connectivity index (χ0n) is 13.8. The Morgan fingerprint density at radius 3 is 3.00 bits per heavy atom. The molecule has 0 radical (unpaired) electrons. The monoisotopic (exact) mass is 331 g/mol. The molecule has 0 spiro atoms. The Labute approximate surface area is 139 Å². The zero-order valence-corrected chi connectivity index (χ0v) is 13.8. The fraction of sp³-hybridized carbons (Fsp3) is 0.444. The average Bonchev–Trinajstić information content (AvgIpc) is 3.05. The van der Waals surface area contributed by atoms with E-state index in [2.05, 4.69) is 5.32 Å². The molecule has 128 valence electrons. The van der Waals surface area contributed by atoms with Gasteiger partial charge in [-0.25, -0.2) is 4.79 Å². The molecular formula is C18H21NO5. The zero-order chi connectivity index (χ0) is 17.1. The van der Waals surface area contributed by atoms with Crippen molar-refractivity contribution < 1.29 is 18.7 Å². The van der Waals surface area contributed by atoms with Crippen LogP contribution in [0.5, 0.6) is 5.75 Å². The molecule has 1 fully saturated rings. The number of carbonyl (C=O) groups is 1. The van der Waals surface area contributed by atoms with Crippen molar-refractivity contribution in [3.8, 4) is 5.75 Å². The van der Waals surface area contributed by atoms with Crippen molar-refractivity contribution in [2.24, 2.45) is 0 Å². The minimum Gasteiger partial charge on any atom is -0.481 e. The number of amides is 1. The smallest absolute Gasteiger partial charge is 0.336 e. The van der Waals surface area contributed by atoms with E-state index in [1.807, 2.05) is 13.0 Å². The highest BCUT2D eigenvalue weighted by Crippen LogP contribution is 2.23. The molecule has 1 aromatic heterocycles. The summed E-state index contributed by atoms with van der Waals surface area (Å²) in [6, 6.07) is 6.66. The van der Waals surface area contributed by atoms with Gasteiger partial charge in [0, 0.05) is 30.7 Å². The van der Waals surface area contributed by atoms with Gasteiger partial charge in [-0.2, -0.15) is 0 Å². The summed E-state index contributed by atoms with van der Waals surface area (Å²) < 4.78 is 16.3. The van der Waals surface area contributed by atoms with Gasteiger partial charge in [-0.1, -0.05) is 0 Å². The van der Waals surface area contributed by atoms with E-state index in [0.717, 1.165) is 30.4 Å². The second kappa shape index (κ2) is 7.05. The van der Waals surface area contributed by atoms with Gasteiger partial charge in [0.15, 0.2) is 6.10 Å². The van der Waals surface area contributed by atoms with Crippen molar-refractivity contribution in [3.05, 3.63) is 40.2 Å². The molecule has 0 aliphatic carbocycles. The molecule has 1 amide bonds. The first-order valence-corrected chi connectivity index (χ1v) is 8.13. The standard InChI is InChI=1S/C18H21NO5/c1-11-8-17(20)24-16-9-13(5-6-15(11)16)23-12(2)18(21)19-10-14-4-3-7-22-14/h5-6,8-9,12,14H,3-4,7,10H2,1-2H3,(H,19,21)/t12-,14+/m1/s1. The Balaban J connectivity index is 1.64.